The maximum absolute atomic E-state index is 9.31. The van der Waals surface area contributed by atoms with E-state index < -0.39 is 0 Å². The molecule has 2 rings (SSSR count). The summed E-state index contributed by atoms with van der Waals surface area (Å²) in [5.74, 6) is -0.333. The molecule has 4 nitrogen and oxygen atoms in total. The van der Waals surface area contributed by atoms with E-state index in [4.69, 9.17) is 9.94 Å². The lowest BCUT2D eigenvalue weighted by Crippen LogP contribution is -1.88. The van der Waals surface area contributed by atoms with Gasteiger partial charge in [0.25, 0.3) is 0 Å². The van der Waals surface area contributed by atoms with Crippen LogP contribution in [0.5, 0.6) is 11.5 Å². The second-order valence-electron chi connectivity index (χ2n) is 4.24. The van der Waals surface area contributed by atoms with Gasteiger partial charge in [0.15, 0.2) is 11.5 Å². The van der Waals surface area contributed by atoms with Crippen LogP contribution in [0.3, 0.4) is 0 Å². The predicted molar refractivity (Wildman–Crippen MR) is 73.3 cm³/mol. The molecule has 0 atom stereocenters. The summed E-state index contributed by atoms with van der Waals surface area (Å²) in [5, 5.41) is 22.3. The first-order chi connectivity index (χ1) is 9.15. The summed E-state index contributed by atoms with van der Waals surface area (Å²) in [6.07, 6.45) is 1.48. The van der Waals surface area contributed by atoms with Gasteiger partial charge in [0.05, 0.1) is 6.21 Å². The Morgan fingerprint density at radius 2 is 1.79 bits per heavy atom. The quantitative estimate of drug-likeness (QED) is 0.503. The number of benzene rings is 2. The van der Waals surface area contributed by atoms with Gasteiger partial charge >= 0.3 is 0 Å². The van der Waals surface area contributed by atoms with E-state index in [1.165, 1.54) is 23.9 Å². The third-order valence-corrected chi connectivity index (χ3v) is 2.63. The van der Waals surface area contributed by atoms with Gasteiger partial charge in [-0.3, -0.25) is 0 Å². The van der Waals surface area contributed by atoms with Gasteiger partial charge in [0.2, 0.25) is 0 Å². The lowest BCUT2D eigenvalue weighted by molar-refractivity contribution is 0.132. The molecule has 0 fully saturated rings. The number of aryl methyl sites for hydroxylation is 1. The van der Waals surface area contributed by atoms with E-state index in [1.54, 1.807) is 6.07 Å². The lowest BCUT2D eigenvalue weighted by Gasteiger charge is -2.01. The Morgan fingerprint density at radius 3 is 2.47 bits per heavy atom. The Morgan fingerprint density at radius 1 is 1.05 bits per heavy atom. The molecule has 2 N–H and O–H groups in total. The average molecular weight is 257 g/mol. The molecule has 0 saturated carbocycles. The number of phenolic OH excluding ortho intramolecular Hbond substituents is 2. The summed E-state index contributed by atoms with van der Waals surface area (Å²) in [5.41, 5.74) is 2.89. The summed E-state index contributed by atoms with van der Waals surface area (Å²) < 4.78 is 0. The fraction of sp³-hybridized carbons (Fsp3) is 0.133. The van der Waals surface area contributed by atoms with E-state index in [0.717, 1.165) is 5.56 Å². The summed E-state index contributed by atoms with van der Waals surface area (Å²) >= 11 is 0. The molecule has 0 bridgehead atoms. The molecule has 0 aliphatic carbocycles. The van der Waals surface area contributed by atoms with E-state index in [0.29, 0.717) is 12.2 Å². The van der Waals surface area contributed by atoms with Gasteiger partial charge in [-0.15, -0.1) is 0 Å². The van der Waals surface area contributed by atoms with Crippen molar-refractivity contribution < 1.29 is 15.1 Å². The van der Waals surface area contributed by atoms with Gasteiger partial charge < -0.3 is 15.1 Å². The number of rotatable bonds is 4. The average Bonchev–Trinajstić information content (AvgIpc) is 2.41. The van der Waals surface area contributed by atoms with Gasteiger partial charge in [-0.05, 0) is 36.2 Å². The van der Waals surface area contributed by atoms with E-state index in [2.05, 4.69) is 5.16 Å². The largest absolute Gasteiger partial charge is 0.504 e. The van der Waals surface area contributed by atoms with Crippen LogP contribution in [0.1, 0.15) is 16.7 Å². The van der Waals surface area contributed by atoms with Gasteiger partial charge in [0, 0.05) is 0 Å². The van der Waals surface area contributed by atoms with E-state index >= 15 is 0 Å². The molecule has 98 valence electrons. The minimum absolute atomic E-state index is 0.155. The van der Waals surface area contributed by atoms with Crippen LogP contribution in [0, 0.1) is 6.92 Å². The van der Waals surface area contributed by atoms with E-state index in [1.807, 2.05) is 31.2 Å². The molecule has 0 unspecified atom stereocenters. The smallest absolute Gasteiger partial charge is 0.158 e. The second kappa shape index (κ2) is 5.91. The number of phenols is 2. The highest BCUT2D eigenvalue weighted by Gasteiger charge is 1.98. The van der Waals surface area contributed by atoms with Crippen LogP contribution in [-0.2, 0) is 11.4 Å². The number of hydrogen-bond acceptors (Lipinski definition) is 4. The van der Waals surface area contributed by atoms with Crippen molar-refractivity contribution in [3.63, 3.8) is 0 Å². The Bertz CT molecular complexity index is 576. The molecule has 0 aromatic heterocycles. The molecular formula is C15H15NO3. The highest BCUT2D eigenvalue weighted by molar-refractivity contribution is 5.80. The second-order valence-corrected chi connectivity index (χ2v) is 4.24. The summed E-state index contributed by atoms with van der Waals surface area (Å²) in [6, 6.07) is 12.4. The molecule has 0 heterocycles. The first-order valence-corrected chi connectivity index (χ1v) is 5.88. The van der Waals surface area contributed by atoms with Crippen molar-refractivity contribution in [2.24, 2.45) is 5.16 Å². The van der Waals surface area contributed by atoms with Gasteiger partial charge in [0.1, 0.15) is 6.61 Å². The number of oxime groups is 1. The summed E-state index contributed by atoms with van der Waals surface area (Å²) in [4.78, 5) is 5.16. The van der Waals surface area contributed by atoms with Crippen molar-refractivity contribution in [3.05, 3.63) is 59.2 Å². The minimum Gasteiger partial charge on any atom is -0.504 e. The summed E-state index contributed by atoms with van der Waals surface area (Å²) in [6.45, 7) is 2.42. The molecule has 0 radical (unpaired) electrons. The van der Waals surface area contributed by atoms with Crippen LogP contribution in [-0.4, -0.2) is 16.4 Å². The molecule has 0 saturated heterocycles. The fourth-order valence-electron chi connectivity index (χ4n) is 1.51. The Kier molecular flexibility index (Phi) is 4.03. The zero-order chi connectivity index (χ0) is 13.7. The van der Waals surface area contributed by atoms with E-state index in [9.17, 15) is 5.11 Å². The number of nitrogens with zero attached hydrogens (tertiary/aromatic N) is 1. The number of aromatic hydroxyl groups is 2. The zero-order valence-electron chi connectivity index (χ0n) is 10.6. The maximum Gasteiger partial charge on any atom is 0.158 e. The first-order valence-electron chi connectivity index (χ1n) is 5.88. The van der Waals surface area contributed by atoms with Crippen molar-refractivity contribution in [2.75, 3.05) is 0 Å². The first kappa shape index (κ1) is 13.0. The Balaban J connectivity index is 1.89. The van der Waals surface area contributed by atoms with Gasteiger partial charge in [-0.2, -0.15) is 0 Å². The standard InChI is InChI=1S/C15H15NO3/c1-11-2-4-12(5-3-11)10-19-16-9-13-6-7-14(17)15(18)8-13/h2-9,17-18H,10H2,1H3. The van der Waals surface area contributed by atoms with Crippen LogP contribution in [0.4, 0.5) is 0 Å². The predicted octanol–water partition coefficient (Wildman–Crippen LogP) is 2.96. The van der Waals surface area contributed by atoms with Crippen molar-refractivity contribution in [2.45, 2.75) is 13.5 Å². The topological polar surface area (TPSA) is 62.0 Å². The maximum atomic E-state index is 9.31. The molecular weight excluding hydrogens is 242 g/mol. The van der Waals surface area contributed by atoms with Crippen molar-refractivity contribution in [1.29, 1.82) is 0 Å². The van der Waals surface area contributed by atoms with Crippen LogP contribution in [0.2, 0.25) is 0 Å². The third-order valence-electron chi connectivity index (χ3n) is 2.63. The molecule has 0 spiro atoms. The van der Waals surface area contributed by atoms with Crippen molar-refractivity contribution >= 4 is 6.21 Å². The monoisotopic (exact) mass is 257 g/mol. The zero-order valence-corrected chi connectivity index (χ0v) is 10.6. The molecule has 0 aliphatic rings. The van der Waals surface area contributed by atoms with Crippen molar-refractivity contribution in [1.82, 2.24) is 0 Å². The van der Waals surface area contributed by atoms with E-state index in [-0.39, 0.29) is 11.5 Å². The van der Waals surface area contributed by atoms with Crippen molar-refractivity contribution in [3.8, 4) is 11.5 Å². The van der Waals surface area contributed by atoms with Gasteiger partial charge in [-0.1, -0.05) is 35.0 Å². The van der Waals surface area contributed by atoms with Crippen LogP contribution in [0.25, 0.3) is 0 Å². The number of hydrogen-bond donors (Lipinski definition) is 2. The highest BCUT2D eigenvalue weighted by atomic mass is 16.6. The van der Waals surface area contributed by atoms with Gasteiger partial charge in [-0.25, -0.2) is 0 Å². The molecule has 0 aliphatic heterocycles. The molecule has 2 aromatic rings. The lowest BCUT2D eigenvalue weighted by atomic mass is 10.2. The normalized spacial score (nSPS) is 10.8. The highest BCUT2D eigenvalue weighted by Crippen LogP contribution is 2.23. The molecule has 2 aromatic carbocycles. The Labute approximate surface area is 111 Å². The van der Waals surface area contributed by atoms with Crippen LogP contribution in [0.15, 0.2) is 47.6 Å². The molecule has 19 heavy (non-hydrogen) atoms. The third kappa shape index (κ3) is 3.74. The van der Waals surface area contributed by atoms with Crippen LogP contribution >= 0.6 is 0 Å². The minimum atomic E-state index is -0.178. The fourth-order valence-corrected chi connectivity index (χ4v) is 1.51. The molecule has 4 heteroatoms. The molecule has 0 amide bonds. The SMILES string of the molecule is Cc1ccc(CON=Cc2ccc(O)c(O)c2)cc1. The van der Waals surface area contributed by atoms with Crippen LogP contribution < -0.4 is 0 Å². The Hall–Kier alpha value is -2.49. The summed E-state index contributed by atoms with van der Waals surface area (Å²) in [7, 11) is 0.